The minimum Gasteiger partial charge on any atom is -0.370 e. The smallest absolute Gasteiger partial charge is 0.370 e. The van der Waals surface area contributed by atoms with E-state index in [1.54, 1.807) is 0 Å². The van der Waals surface area contributed by atoms with Gasteiger partial charge in [-0.3, -0.25) is 0 Å². The molecule has 3 nitrogen and oxygen atoms in total. The van der Waals surface area contributed by atoms with Crippen LogP contribution < -0.4 is 5.19 Å². The van der Waals surface area contributed by atoms with E-state index in [1.807, 2.05) is 6.08 Å². The summed E-state index contributed by atoms with van der Waals surface area (Å²) in [6.45, 7) is 12.4. The molecule has 0 saturated heterocycles. The van der Waals surface area contributed by atoms with E-state index in [1.165, 1.54) is 0 Å². The van der Waals surface area contributed by atoms with E-state index in [2.05, 4.69) is 51.6 Å². The van der Waals surface area contributed by atoms with Gasteiger partial charge in [-0.05, 0) is 24.8 Å². The third kappa shape index (κ3) is 6.89. The quantitative estimate of drug-likeness (QED) is 0.352. The number of unbranched alkanes of at least 4 members (excludes halogenated alkanes) is 3. The van der Waals surface area contributed by atoms with Crippen LogP contribution in [0.5, 0.6) is 0 Å². The number of hydrogen-bond donors (Lipinski definition) is 0. The van der Waals surface area contributed by atoms with Gasteiger partial charge in [-0.2, -0.15) is 0 Å². The van der Waals surface area contributed by atoms with Crippen LogP contribution in [0.2, 0.25) is 0 Å². The zero-order valence-electron chi connectivity index (χ0n) is 15.7. The minimum absolute atomic E-state index is 0.685. The van der Waals surface area contributed by atoms with Gasteiger partial charge < -0.3 is 13.3 Å². The molecule has 0 fully saturated rings. The zero-order chi connectivity index (χ0) is 17.7. The zero-order valence-corrected chi connectivity index (χ0v) is 16.7. The van der Waals surface area contributed by atoms with Crippen LogP contribution in [0.1, 0.15) is 64.9 Å². The first-order chi connectivity index (χ1) is 11.7. The summed E-state index contributed by atoms with van der Waals surface area (Å²) in [5.41, 5.74) is 1.09. The van der Waals surface area contributed by atoms with E-state index < -0.39 is 8.80 Å². The van der Waals surface area contributed by atoms with Crippen LogP contribution in [-0.2, 0) is 13.3 Å². The molecular weight excluding hydrogens is 316 g/mol. The lowest BCUT2D eigenvalue weighted by molar-refractivity contribution is 0.0700. The Kier molecular flexibility index (Phi) is 10.9. The van der Waals surface area contributed by atoms with Crippen molar-refractivity contribution in [3.05, 3.63) is 36.4 Å². The highest BCUT2D eigenvalue weighted by Crippen LogP contribution is 2.15. The minimum atomic E-state index is -2.85. The molecule has 0 spiro atoms. The van der Waals surface area contributed by atoms with Crippen LogP contribution in [-0.4, -0.2) is 28.6 Å². The van der Waals surface area contributed by atoms with Crippen molar-refractivity contribution in [2.24, 2.45) is 0 Å². The summed E-state index contributed by atoms with van der Waals surface area (Å²) in [5, 5.41) is 1.05. The molecular formula is C20H34O3Si. The molecule has 0 radical (unpaired) electrons. The first kappa shape index (κ1) is 21.1. The van der Waals surface area contributed by atoms with Crippen molar-refractivity contribution < 1.29 is 13.3 Å². The summed E-state index contributed by atoms with van der Waals surface area (Å²) in [6, 6.07) is 8.26. The van der Waals surface area contributed by atoms with Crippen LogP contribution in [0.4, 0.5) is 0 Å². The summed E-state index contributed by atoms with van der Waals surface area (Å²) < 4.78 is 18.9. The monoisotopic (exact) mass is 350 g/mol. The summed E-state index contributed by atoms with van der Waals surface area (Å²) in [4.78, 5) is 0. The molecule has 1 rings (SSSR count). The highest BCUT2D eigenvalue weighted by molar-refractivity contribution is 6.75. The fourth-order valence-electron chi connectivity index (χ4n) is 2.25. The lowest BCUT2D eigenvalue weighted by Gasteiger charge is -2.30. The van der Waals surface area contributed by atoms with E-state index in [-0.39, 0.29) is 0 Å². The molecule has 0 aromatic heterocycles. The van der Waals surface area contributed by atoms with Gasteiger partial charge in [-0.1, -0.05) is 77.0 Å². The Morgan fingerprint density at radius 2 is 1.21 bits per heavy atom. The molecule has 24 heavy (non-hydrogen) atoms. The molecule has 1 aromatic carbocycles. The van der Waals surface area contributed by atoms with E-state index >= 15 is 0 Å². The SMILES string of the molecule is C=Cc1ccc([Si](OCCCC)(OCCCC)OCCCC)cc1. The molecule has 0 aliphatic rings. The van der Waals surface area contributed by atoms with Crippen molar-refractivity contribution in [2.45, 2.75) is 59.3 Å². The Hall–Kier alpha value is -0.943. The van der Waals surface area contributed by atoms with Gasteiger partial charge in [0.15, 0.2) is 0 Å². The predicted octanol–water partition coefficient (Wildman–Crippen LogP) is 4.93. The van der Waals surface area contributed by atoms with E-state index in [4.69, 9.17) is 13.3 Å². The van der Waals surface area contributed by atoms with Gasteiger partial charge in [0, 0.05) is 25.0 Å². The third-order valence-corrected chi connectivity index (χ3v) is 6.66. The van der Waals surface area contributed by atoms with Gasteiger partial charge in [-0.15, -0.1) is 0 Å². The molecule has 136 valence electrons. The van der Waals surface area contributed by atoms with E-state index in [0.717, 1.165) is 49.3 Å². The van der Waals surface area contributed by atoms with Crippen LogP contribution in [0.25, 0.3) is 6.08 Å². The first-order valence-corrected chi connectivity index (χ1v) is 11.1. The first-order valence-electron chi connectivity index (χ1n) is 9.37. The van der Waals surface area contributed by atoms with Crippen LogP contribution >= 0.6 is 0 Å². The fourth-order valence-corrected chi connectivity index (χ4v) is 4.82. The van der Waals surface area contributed by atoms with Crippen molar-refractivity contribution in [2.75, 3.05) is 19.8 Å². The molecule has 0 N–H and O–H groups in total. The Balaban J connectivity index is 3.01. The standard InChI is InChI=1S/C20H34O3Si/c1-5-9-16-21-24(22-17-10-6-2,23-18-11-7-3)20-14-12-19(8-4)13-15-20/h8,12-15H,4-7,9-11,16-18H2,1-3H3. The lowest BCUT2D eigenvalue weighted by atomic mass is 10.2. The molecule has 0 amide bonds. The highest BCUT2D eigenvalue weighted by Gasteiger charge is 2.43. The average molecular weight is 351 g/mol. The molecule has 0 aliphatic heterocycles. The maximum atomic E-state index is 6.29. The van der Waals surface area contributed by atoms with Crippen LogP contribution in [0.15, 0.2) is 30.8 Å². The predicted molar refractivity (Wildman–Crippen MR) is 105 cm³/mol. The van der Waals surface area contributed by atoms with Gasteiger partial charge in [0.2, 0.25) is 0 Å². The summed E-state index contributed by atoms with van der Waals surface area (Å²) >= 11 is 0. The largest absolute Gasteiger partial charge is 0.537 e. The van der Waals surface area contributed by atoms with E-state index in [9.17, 15) is 0 Å². The van der Waals surface area contributed by atoms with Crippen LogP contribution in [0.3, 0.4) is 0 Å². The van der Waals surface area contributed by atoms with Crippen LogP contribution in [0, 0.1) is 0 Å². The van der Waals surface area contributed by atoms with E-state index in [0.29, 0.717) is 19.8 Å². The van der Waals surface area contributed by atoms with Gasteiger partial charge in [0.1, 0.15) is 0 Å². The lowest BCUT2D eigenvalue weighted by Crippen LogP contribution is -2.57. The molecule has 1 aromatic rings. The third-order valence-electron chi connectivity index (χ3n) is 3.87. The van der Waals surface area contributed by atoms with Gasteiger partial charge in [0.25, 0.3) is 0 Å². The van der Waals surface area contributed by atoms with Crippen molar-refractivity contribution >= 4 is 20.1 Å². The van der Waals surface area contributed by atoms with Crippen molar-refractivity contribution in [1.82, 2.24) is 0 Å². The van der Waals surface area contributed by atoms with Gasteiger partial charge >= 0.3 is 8.80 Å². The molecule has 0 bridgehead atoms. The number of hydrogen-bond acceptors (Lipinski definition) is 3. The molecule has 0 heterocycles. The Labute approximate surface area is 149 Å². The maximum absolute atomic E-state index is 6.29. The maximum Gasteiger partial charge on any atom is 0.537 e. The number of benzene rings is 1. The average Bonchev–Trinajstić information content (AvgIpc) is 2.62. The Morgan fingerprint density at radius 3 is 1.54 bits per heavy atom. The Bertz CT molecular complexity index is 418. The molecule has 4 heteroatoms. The van der Waals surface area contributed by atoms with Crippen molar-refractivity contribution in [3.63, 3.8) is 0 Å². The van der Waals surface area contributed by atoms with Gasteiger partial charge in [-0.25, -0.2) is 0 Å². The second-order valence-corrected chi connectivity index (χ2v) is 8.54. The second-order valence-electron chi connectivity index (χ2n) is 5.99. The summed E-state index contributed by atoms with van der Waals surface area (Å²) in [7, 11) is -2.85. The molecule has 0 unspecified atom stereocenters. The fraction of sp³-hybridized carbons (Fsp3) is 0.600. The summed E-state index contributed by atoms with van der Waals surface area (Å²) in [5.74, 6) is 0. The molecule has 0 aliphatic carbocycles. The van der Waals surface area contributed by atoms with Gasteiger partial charge in [0.05, 0.1) is 0 Å². The van der Waals surface area contributed by atoms with Crippen molar-refractivity contribution in [1.29, 1.82) is 0 Å². The second kappa shape index (κ2) is 12.4. The highest BCUT2D eigenvalue weighted by atomic mass is 28.4. The number of rotatable bonds is 14. The summed E-state index contributed by atoms with van der Waals surface area (Å²) in [6.07, 6.45) is 8.22. The van der Waals surface area contributed by atoms with Crippen molar-refractivity contribution in [3.8, 4) is 0 Å². The molecule has 0 atom stereocenters. The Morgan fingerprint density at radius 1 is 0.792 bits per heavy atom. The normalized spacial score (nSPS) is 11.6. The molecule has 0 saturated carbocycles. The topological polar surface area (TPSA) is 27.7 Å².